The second-order valence-corrected chi connectivity index (χ2v) is 6.70. The average Bonchev–Trinajstić information content (AvgIpc) is 2.92. The Bertz CT molecular complexity index is 577. The largest absolute Gasteiger partial charge is 0.480 e. The van der Waals surface area contributed by atoms with Gasteiger partial charge in [-0.25, -0.2) is 0 Å². The van der Waals surface area contributed by atoms with Gasteiger partial charge in [-0.2, -0.15) is 0 Å². The van der Waals surface area contributed by atoms with Crippen LogP contribution in [0.4, 0.5) is 0 Å². The predicted molar refractivity (Wildman–Crippen MR) is 87.5 cm³/mol. The van der Waals surface area contributed by atoms with Gasteiger partial charge in [-0.1, -0.05) is 44.2 Å². The summed E-state index contributed by atoms with van der Waals surface area (Å²) in [6.45, 7) is 4.67. The molecule has 1 aromatic carbocycles. The van der Waals surface area contributed by atoms with Crippen molar-refractivity contribution < 1.29 is 9.90 Å². The van der Waals surface area contributed by atoms with E-state index < -0.39 is 12.0 Å². The van der Waals surface area contributed by atoms with Crippen molar-refractivity contribution in [1.82, 2.24) is 5.32 Å². The van der Waals surface area contributed by atoms with Gasteiger partial charge in [0.2, 0.25) is 0 Å². The first kappa shape index (κ1) is 15.7. The number of aliphatic carboxylic acids is 1. The van der Waals surface area contributed by atoms with E-state index in [1.54, 1.807) is 11.3 Å². The van der Waals surface area contributed by atoms with Crippen LogP contribution in [0, 0.1) is 5.92 Å². The first-order valence-corrected chi connectivity index (χ1v) is 7.98. The molecular formula is C17H21NO2S. The molecule has 1 heterocycles. The van der Waals surface area contributed by atoms with Crippen LogP contribution in [-0.4, -0.2) is 17.1 Å². The van der Waals surface area contributed by atoms with Crippen molar-refractivity contribution >= 4 is 17.3 Å². The lowest BCUT2D eigenvalue weighted by molar-refractivity contribution is -0.140. The number of benzene rings is 1. The van der Waals surface area contributed by atoms with Crippen molar-refractivity contribution in [2.45, 2.75) is 32.9 Å². The third-order valence-corrected chi connectivity index (χ3v) is 4.38. The number of rotatable bonds is 7. The summed E-state index contributed by atoms with van der Waals surface area (Å²) in [5.74, 6) is -0.412. The Morgan fingerprint density at radius 3 is 2.52 bits per heavy atom. The first-order chi connectivity index (χ1) is 10.1. The second-order valence-electron chi connectivity index (χ2n) is 5.53. The molecule has 0 amide bonds. The number of thiophene rings is 1. The molecule has 4 heteroatoms. The second kappa shape index (κ2) is 7.38. The summed E-state index contributed by atoms with van der Waals surface area (Å²) in [4.78, 5) is 13.6. The molecule has 21 heavy (non-hydrogen) atoms. The molecule has 1 atom stereocenters. The van der Waals surface area contributed by atoms with E-state index in [-0.39, 0.29) is 0 Å². The van der Waals surface area contributed by atoms with E-state index in [1.807, 2.05) is 32.0 Å². The summed E-state index contributed by atoms with van der Waals surface area (Å²) in [5, 5.41) is 12.4. The maximum atomic E-state index is 11.2. The zero-order valence-electron chi connectivity index (χ0n) is 12.4. The molecule has 0 unspecified atom stereocenters. The highest BCUT2D eigenvalue weighted by Gasteiger charge is 2.18. The lowest BCUT2D eigenvalue weighted by atomic mass is 10.0. The highest BCUT2D eigenvalue weighted by molar-refractivity contribution is 7.15. The van der Waals surface area contributed by atoms with E-state index in [4.69, 9.17) is 0 Å². The lowest BCUT2D eigenvalue weighted by Crippen LogP contribution is -2.37. The number of nitrogens with one attached hydrogen (secondary N) is 1. The van der Waals surface area contributed by atoms with Gasteiger partial charge in [-0.3, -0.25) is 10.1 Å². The van der Waals surface area contributed by atoms with E-state index in [2.05, 4.69) is 29.6 Å². The Balaban J connectivity index is 1.98. The van der Waals surface area contributed by atoms with Crippen molar-refractivity contribution in [3.05, 3.63) is 47.3 Å². The van der Waals surface area contributed by atoms with Crippen molar-refractivity contribution in [1.29, 1.82) is 0 Å². The molecule has 112 valence electrons. The van der Waals surface area contributed by atoms with Gasteiger partial charge < -0.3 is 5.11 Å². The first-order valence-electron chi connectivity index (χ1n) is 7.16. The van der Waals surface area contributed by atoms with Crippen LogP contribution >= 0.6 is 11.3 Å². The number of hydrogen-bond donors (Lipinski definition) is 2. The van der Waals surface area contributed by atoms with Crippen molar-refractivity contribution in [2.24, 2.45) is 5.92 Å². The van der Waals surface area contributed by atoms with Gasteiger partial charge in [0, 0.05) is 16.3 Å². The topological polar surface area (TPSA) is 49.3 Å². The summed E-state index contributed by atoms with van der Waals surface area (Å²) in [5.41, 5.74) is 1.20. The van der Waals surface area contributed by atoms with Crippen LogP contribution in [0.25, 0.3) is 10.4 Å². The Morgan fingerprint density at radius 1 is 1.19 bits per heavy atom. The smallest absolute Gasteiger partial charge is 0.320 e. The number of carbonyl (C=O) groups is 1. The third kappa shape index (κ3) is 4.69. The third-order valence-electron chi connectivity index (χ3n) is 3.25. The zero-order chi connectivity index (χ0) is 15.2. The van der Waals surface area contributed by atoms with E-state index in [9.17, 15) is 9.90 Å². The summed E-state index contributed by atoms with van der Waals surface area (Å²) in [6.07, 6.45) is 0.645. The lowest BCUT2D eigenvalue weighted by Gasteiger charge is -2.15. The van der Waals surface area contributed by atoms with Crippen LogP contribution in [0.1, 0.15) is 25.1 Å². The van der Waals surface area contributed by atoms with E-state index >= 15 is 0 Å². The highest BCUT2D eigenvalue weighted by Crippen LogP contribution is 2.27. The molecule has 2 aromatic rings. The molecule has 0 bridgehead atoms. The normalized spacial score (nSPS) is 12.5. The van der Waals surface area contributed by atoms with Gasteiger partial charge in [0.15, 0.2) is 0 Å². The summed E-state index contributed by atoms with van der Waals surface area (Å²) in [7, 11) is 0. The van der Waals surface area contributed by atoms with Gasteiger partial charge in [0.05, 0.1) is 0 Å². The van der Waals surface area contributed by atoms with Gasteiger partial charge in [0.25, 0.3) is 0 Å². The quantitative estimate of drug-likeness (QED) is 0.812. The minimum Gasteiger partial charge on any atom is -0.480 e. The highest BCUT2D eigenvalue weighted by atomic mass is 32.1. The molecule has 0 fully saturated rings. The molecule has 0 aliphatic carbocycles. The van der Waals surface area contributed by atoms with E-state index in [0.29, 0.717) is 18.9 Å². The molecular weight excluding hydrogens is 282 g/mol. The van der Waals surface area contributed by atoms with Gasteiger partial charge >= 0.3 is 5.97 Å². The summed E-state index contributed by atoms with van der Waals surface area (Å²) < 4.78 is 0. The van der Waals surface area contributed by atoms with E-state index in [0.717, 1.165) is 4.88 Å². The standard InChI is InChI=1S/C17H21NO2S/c1-12(2)10-15(17(19)20)18-11-14-8-9-16(21-14)13-6-4-3-5-7-13/h3-9,12,15,18H,10-11H2,1-2H3,(H,19,20)/t15-/m0/s1. The molecule has 2 N–H and O–H groups in total. The molecule has 2 rings (SSSR count). The molecule has 0 saturated heterocycles. The molecule has 3 nitrogen and oxygen atoms in total. The maximum absolute atomic E-state index is 11.2. The molecule has 0 spiro atoms. The van der Waals surface area contributed by atoms with Crippen molar-refractivity contribution in [3.8, 4) is 10.4 Å². The van der Waals surface area contributed by atoms with Gasteiger partial charge in [0.1, 0.15) is 6.04 Å². The van der Waals surface area contributed by atoms with Crippen LogP contribution in [0.15, 0.2) is 42.5 Å². The Kier molecular flexibility index (Phi) is 5.53. The number of hydrogen-bond acceptors (Lipinski definition) is 3. The Morgan fingerprint density at radius 2 is 1.90 bits per heavy atom. The van der Waals surface area contributed by atoms with Gasteiger partial charge in [-0.05, 0) is 30.0 Å². The van der Waals surface area contributed by atoms with Crippen LogP contribution in [0.3, 0.4) is 0 Å². The Labute approximate surface area is 129 Å². The Hall–Kier alpha value is -1.65. The SMILES string of the molecule is CC(C)C[C@H](NCc1ccc(-c2ccccc2)s1)C(=O)O. The molecule has 1 aromatic heterocycles. The fourth-order valence-electron chi connectivity index (χ4n) is 2.20. The fourth-order valence-corrected chi connectivity index (χ4v) is 3.16. The van der Waals surface area contributed by atoms with Crippen LogP contribution < -0.4 is 5.32 Å². The minimum absolute atomic E-state index is 0.363. The van der Waals surface area contributed by atoms with Crippen LogP contribution in [0.5, 0.6) is 0 Å². The molecule has 0 aliphatic rings. The summed E-state index contributed by atoms with van der Waals surface area (Å²) >= 11 is 1.70. The monoisotopic (exact) mass is 303 g/mol. The van der Waals surface area contributed by atoms with Gasteiger partial charge in [-0.15, -0.1) is 11.3 Å². The van der Waals surface area contributed by atoms with Crippen molar-refractivity contribution in [2.75, 3.05) is 0 Å². The molecule has 0 radical (unpaired) electrons. The molecule has 0 saturated carbocycles. The minimum atomic E-state index is -0.775. The zero-order valence-corrected chi connectivity index (χ0v) is 13.2. The molecule has 0 aliphatic heterocycles. The maximum Gasteiger partial charge on any atom is 0.320 e. The number of carboxylic acids is 1. The van der Waals surface area contributed by atoms with E-state index in [1.165, 1.54) is 10.4 Å². The fraction of sp³-hybridized carbons (Fsp3) is 0.353. The van der Waals surface area contributed by atoms with Crippen LogP contribution in [0.2, 0.25) is 0 Å². The summed E-state index contributed by atoms with van der Waals surface area (Å²) in [6, 6.07) is 13.9. The number of carboxylic acid groups (broad SMARTS) is 1. The van der Waals surface area contributed by atoms with Crippen LogP contribution in [-0.2, 0) is 11.3 Å². The van der Waals surface area contributed by atoms with Crippen molar-refractivity contribution in [3.63, 3.8) is 0 Å². The average molecular weight is 303 g/mol. The predicted octanol–water partition coefficient (Wildman–Crippen LogP) is 4.00.